The van der Waals surface area contributed by atoms with Crippen molar-refractivity contribution in [3.63, 3.8) is 0 Å². The van der Waals surface area contributed by atoms with Crippen LogP contribution < -0.4 is 9.47 Å². The lowest BCUT2D eigenvalue weighted by atomic mass is 10.2. The topological polar surface area (TPSA) is 51.5 Å². The average molecular weight is 230 g/mol. The van der Waals surface area contributed by atoms with Gasteiger partial charge in [-0.25, -0.2) is 0 Å². The minimum atomic E-state index is 0.0258. The van der Waals surface area contributed by atoms with E-state index in [9.17, 15) is 0 Å². The minimum absolute atomic E-state index is 0.0258. The quantitative estimate of drug-likeness (QED) is 0.639. The van der Waals surface area contributed by atoms with E-state index in [2.05, 4.69) is 0 Å². The van der Waals surface area contributed by atoms with Crippen LogP contribution in [0.25, 0.3) is 0 Å². The molecule has 0 spiro atoms. The van der Waals surface area contributed by atoms with Gasteiger partial charge in [0.2, 0.25) is 5.90 Å². The highest BCUT2D eigenvalue weighted by Gasteiger charge is 2.13. The van der Waals surface area contributed by atoms with E-state index in [-0.39, 0.29) is 5.90 Å². The van der Waals surface area contributed by atoms with Crippen molar-refractivity contribution in [3.05, 3.63) is 22.7 Å². The van der Waals surface area contributed by atoms with Crippen LogP contribution in [-0.2, 0) is 4.74 Å². The first-order chi connectivity index (χ1) is 7.13. The van der Waals surface area contributed by atoms with Crippen LogP contribution >= 0.6 is 11.6 Å². The van der Waals surface area contributed by atoms with Gasteiger partial charge in [-0.1, -0.05) is 11.6 Å². The molecule has 0 aliphatic rings. The SMILES string of the molecule is COC(=N)c1cc(Cl)c(OC)c(OC)c1. The standard InChI is InChI=1S/C10H12ClNO3/c1-13-8-5-6(10(12)15-3)4-7(11)9(8)14-2/h4-5,12H,1-3H3. The first-order valence-electron chi connectivity index (χ1n) is 4.18. The molecule has 1 aromatic carbocycles. The lowest BCUT2D eigenvalue weighted by molar-refractivity contribution is 0.354. The maximum absolute atomic E-state index is 7.50. The molecule has 0 aromatic heterocycles. The Morgan fingerprint density at radius 1 is 1.20 bits per heavy atom. The smallest absolute Gasteiger partial charge is 0.213 e. The number of hydrogen-bond donors (Lipinski definition) is 1. The summed E-state index contributed by atoms with van der Waals surface area (Å²) in [5.41, 5.74) is 0.542. The molecule has 0 fully saturated rings. The van der Waals surface area contributed by atoms with Crippen molar-refractivity contribution in [2.45, 2.75) is 0 Å². The molecule has 4 nitrogen and oxygen atoms in total. The molecule has 0 radical (unpaired) electrons. The maximum Gasteiger partial charge on any atom is 0.213 e. The van der Waals surface area contributed by atoms with Crippen LogP contribution in [0.1, 0.15) is 5.56 Å². The van der Waals surface area contributed by atoms with Crippen LogP contribution in [0.5, 0.6) is 11.5 Å². The van der Waals surface area contributed by atoms with Gasteiger partial charge in [0.25, 0.3) is 0 Å². The van der Waals surface area contributed by atoms with Crippen LogP contribution in [0.3, 0.4) is 0 Å². The third-order valence-electron chi connectivity index (χ3n) is 1.90. The first-order valence-corrected chi connectivity index (χ1v) is 4.56. The zero-order chi connectivity index (χ0) is 11.4. The summed E-state index contributed by atoms with van der Waals surface area (Å²) in [6.07, 6.45) is 0. The van der Waals surface area contributed by atoms with Crippen LogP contribution in [0.15, 0.2) is 12.1 Å². The van der Waals surface area contributed by atoms with Gasteiger partial charge in [-0.05, 0) is 12.1 Å². The van der Waals surface area contributed by atoms with Crippen LogP contribution in [0.2, 0.25) is 5.02 Å². The molecule has 0 saturated carbocycles. The van der Waals surface area contributed by atoms with Crippen LogP contribution in [-0.4, -0.2) is 27.2 Å². The summed E-state index contributed by atoms with van der Waals surface area (Å²) in [6, 6.07) is 3.23. The summed E-state index contributed by atoms with van der Waals surface area (Å²) < 4.78 is 15.0. The average Bonchev–Trinajstić information content (AvgIpc) is 2.26. The van der Waals surface area contributed by atoms with Gasteiger partial charge in [-0.2, -0.15) is 0 Å². The first kappa shape index (κ1) is 11.7. The van der Waals surface area contributed by atoms with E-state index < -0.39 is 0 Å². The van der Waals surface area contributed by atoms with E-state index in [1.165, 1.54) is 21.3 Å². The Bertz CT molecular complexity index is 379. The lowest BCUT2D eigenvalue weighted by Gasteiger charge is -2.11. The largest absolute Gasteiger partial charge is 0.493 e. The van der Waals surface area contributed by atoms with Crippen molar-refractivity contribution in [2.75, 3.05) is 21.3 Å². The van der Waals surface area contributed by atoms with Gasteiger partial charge < -0.3 is 14.2 Å². The van der Waals surface area contributed by atoms with Crippen molar-refractivity contribution < 1.29 is 14.2 Å². The van der Waals surface area contributed by atoms with E-state index in [1.807, 2.05) is 0 Å². The molecular weight excluding hydrogens is 218 g/mol. The number of hydrogen-bond acceptors (Lipinski definition) is 4. The Hall–Kier alpha value is -1.42. The Labute approximate surface area is 93.2 Å². The fourth-order valence-electron chi connectivity index (χ4n) is 1.17. The predicted octanol–water partition coefficient (Wildman–Crippen LogP) is 2.33. The van der Waals surface area contributed by atoms with Gasteiger partial charge in [-0.3, -0.25) is 5.41 Å². The monoisotopic (exact) mass is 229 g/mol. The molecule has 0 aliphatic heterocycles. The zero-order valence-corrected chi connectivity index (χ0v) is 9.51. The Morgan fingerprint density at radius 3 is 2.33 bits per heavy atom. The molecule has 0 unspecified atom stereocenters. The number of halogens is 1. The summed E-state index contributed by atoms with van der Waals surface area (Å²) in [6.45, 7) is 0. The summed E-state index contributed by atoms with van der Waals surface area (Å²) in [5.74, 6) is 0.950. The summed E-state index contributed by atoms with van der Waals surface area (Å²) >= 11 is 5.96. The zero-order valence-electron chi connectivity index (χ0n) is 8.76. The van der Waals surface area contributed by atoms with Gasteiger partial charge >= 0.3 is 0 Å². The Kier molecular flexibility index (Phi) is 3.80. The molecule has 0 heterocycles. The van der Waals surface area contributed by atoms with E-state index in [1.54, 1.807) is 12.1 Å². The van der Waals surface area contributed by atoms with E-state index in [0.717, 1.165) is 0 Å². The molecule has 1 rings (SSSR count). The highest BCUT2D eigenvalue weighted by Crippen LogP contribution is 2.36. The molecule has 0 saturated heterocycles. The van der Waals surface area contributed by atoms with Gasteiger partial charge in [0.1, 0.15) is 0 Å². The molecule has 0 atom stereocenters. The molecule has 1 N–H and O–H groups in total. The second-order valence-electron chi connectivity index (χ2n) is 2.73. The van der Waals surface area contributed by atoms with Crippen molar-refractivity contribution in [1.82, 2.24) is 0 Å². The number of nitrogens with one attached hydrogen (secondary N) is 1. The van der Waals surface area contributed by atoms with E-state index >= 15 is 0 Å². The fraction of sp³-hybridized carbons (Fsp3) is 0.300. The highest BCUT2D eigenvalue weighted by atomic mass is 35.5. The van der Waals surface area contributed by atoms with Gasteiger partial charge in [0.15, 0.2) is 11.5 Å². The molecule has 0 aliphatic carbocycles. The number of ether oxygens (including phenoxy) is 3. The molecule has 15 heavy (non-hydrogen) atoms. The number of rotatable bonds is 3. The Morgan fingerprint density at radius 2 is 1.87 bits per heavy atom. The second kappa shape index (κ2) is 4.89. The van der Waals surface area contributed by atoms with Gasteiger partial charge in [0.05, 0.1) is 26.4 Å². The van der Waals surface area contributed by atoms with Gasteiger partial charge in [-0.15, -0.1) is 0 Å². The number of methoxy groups -OCH3 is 3. The Balaban J connectivity index is 3.25. The highest BCUT2D eigenvalue weighted by molar-refractivity contribution is 6.32. The van der Waals surface area contributed by atoms with Crippen molar-refractivity contribution >= 4 is 17.5 Å². The fourth-order valence-corrected chi connectivity index (χ4v) is 1.45. The molecule has 5 heteroatoms. The predicted molar refractivity (Wildman–Crippen MR) is 58.4 cm³/mol. The molecule has 1 aromatic rings. The lowest BCUT2D eigenvalue weighted by Crippen LogP contribution is -2.02. The van der Waals surface area contributed by atoms with Gasteiger partial charge in [0, 0.05) is 5.56 Å². The third kappa shape index (κ3) is 2.33. The maximum atomic E-state index is 7.50. The van der Waals surface area contributed by atoms with Crippen molar-refractivity contribution in [3.8, 4) is 11.5 Å². The molecular formula is C10H12ClNO3. The van der Waals surface area contributed by atoms with Crippen molar-refractivity contribution in [2.24, 2.45) is 0 Å². The summed E-state index contributed by atoms with van der Waals surface area (Å²) in [7, 11) is 4.44. The van der Waals surface area contributed by atoms with Crippen LogP contribution in [0.4, 0.5) is 0 Å². The van der Waals surface area contributed by atoms with Crippen molar-refractivity contribution in [1.29, 1.82) is 5.41 Å². The molecule has 82 valence electrons. The molecule has 0 bridgehead atoms. The van der Waals surface area contributed by atoms with E-state index in [4.69, 9.17) is 31.2 Å². The summed E-state index contributed by atoms with van der Waals surface area (Å²) in [4.78, 5) is 0. The summed E-state index contributed by atoms with van der Waals surface area (Å²) in [5, 5.41) is 7.88. The third-order valence-corrected chi connectivity index (χ3v) is 2.18. The van der Waals surface area contributed by atoms with E-state index in [0.29, 0.717) is 22.1 Å². The van der Waals surface area contributed by atoms with Crippen LogP contribution in [0, 0.1) is 5.41 Å². The minimum Gasteiger partial charge on any atom is -0.493 e. The normalized spacial score (nSPS) is 9.60. The molecule has 0 amide bonds. The second-order valence-corrected chi connectivity index (χ2v) is 3.13. The number of benzene rings is 1.